The Morgan fingerprint density at radius 2 is 1.88 bits per heavy atom. The molecule has 176 valence electrons. The number of hydroxylamine groups is 1. The minimum absolute atomic E-state index is 0.0380. The molecule has 10 heteroatoms. The van der Waals surface area contributed by atoms with Crippen molar-refractivity contribution in [2.24, 2.45) is 0 Å². The maximum absolute atomic E-state index is 14.4. The Hall–Kier alpha value is -1.96. The molecule has 0 spiro atoms. The van der Waals surface area contributed by atoms with Crippen LogP contribution < -0.4 is 5.32 Å². The van der Waals surface area contributed by atoms with Crippen molar-refractivity contribution in [2.75, 3.05) is 6.54 Å². The molecule has 1 amide bonds. The van der Waals surface area contributed by atoms with E-state index >= 15 is 0 Å². The zero-order valence-electron chi connectivity index (χ0n) is 17.5. The molecule has 0 radical (unpaired) electrons. The summed E-state index contributed by atoms with van der Waals surface area (Å²) in [5.41, 5.74) is -0.360. The number of amides is 1. The predicted molar refractivity (Wildman–Crippen MR) is 122 cm³/mol. The van der Waals surface area contributed by atoms with Gasteiger partial charge in [-0.1, -0.05) is 47.8 Å². The Morgan fingerprint density at radius 3 is 2.48 bits per heavy atom. The van der Waals surface area contributed by atoms with E-state index in [4.69, 9.17) is 34.8 Å². The molecular formula is C23H20Cl3F3N2O2. The minimum Gasteiger partial charge on any atom is -0.624 e. The second kappa shape index (κ2) is 8.67. The van der Waals surface area contributed by atoms with E-state index in [1.807, 2.05) is 0 Å². The monoisotopic (exact) mass is 518 g/mol. The Kier molecular flexibility index (Phi) is 6.35. The van der Waals surface area contributed by atoms with Crippen molar-refractivity contribution in [1.29, 1.82) is 0 Å². The van der Waals surface area contributed by atoms with Crippen molar-refractivity contribution in [1.82, 2.24) is 5.32 Å². The molecule has 2 aliphatic rings. The zero-order valence-corrected chi connectivity index (χ0v) is 19.8. The van der Waals surface area contributed by atoms with Gasteiger partial charge in [-0.2, -0.15) is 13.2 Å². The quantitative estimate of drug-likeness (QED) is 0.290. The van der Waals surface area contributed by atoms with Crippen molar-refractivity contribution in [2.45, 2.75) is 50.2 Å². The Balaban J connectivity index is 1.70. The van der Waals surface area contributed by atoms with E-state index in [9.17, 15) is 23.2 Å². The number of hydrogen-bond acceptors (Lipinski definition) is 2. The van der Waals surface area contributed by atoms with Crippen LogP contribution in [0, 0.1) is 5.21 Å². The average Bonchev–Trinajstić information content (AvgIpc) is 3.32. The number of aryl methyl sites for hydroxylation is 1. The van der Waals surface area contributed by atoms with E-state index in [0.717, 1.165) is 23.3 Å². The number of nitrogens with zero attached hydrogens (tertiary/aromatic N) is 1. The number of carbonyl (C=O) groups is 1. The van der Waals surface area contributed by atoms with Gasteiger partial charge in [-0.25, -0.2) is 4.74 Å². The standard InChI is InChI=1S/C23H20Cl3F3N2O2/c1-2-20(32)30-18-6-4-12-7-13(3-5-15(12)18)19-10-22(11-31(19)33,23(27,28)29)14-8-16(24)21(26)17(25)9-14/h3,5,7-9,18H,2,4,6,10-11H2,1H3,(H,30,32). The highest BCUT2D eigenvalue weighted by Crippen LogP contribution is 2.49. The zero-order chi connectivity index (χ0) is 24.1. The lowest BCUT2D eigenvalue weighted by molar-refractivity contribution is -0.465. The van der Waals surface area contributed by atoms with E-state index in [0.29, 0.717) is 29.6 Å². The largest absolute Gasteiger partial charge is 0.624 e. The third kappa shape index (κ3) is 4.19. The number of fused-ring (bicyclic) bond motifs is 1. The SMILES string of the molecule is CCC(=O)NC1CCc2cc(C3=[N+]([O-])CC(c4cc(Cl)c(Cl)c(Cl)c4)(C(F)(F)F)C3)ccc21. The van der Waals surface area contributed by atoms with Gasteiger partial charge in [0.1, 0.15) is 0 Å². The number of hydrogen-bond donors (Lipinski definition) is 1. The molecule has 4 nitrogen and oxygen atoms in total. The van der Waals surface area contributed by atoms with E-state index in [1.165, 1.54) is 0 Å². The Labute approximate surface area is 203 Å². The fraction of sp³-hybridized carbons (Fsp3) is 0.391. The smallest absolute Gasteiger partial charge is 0.405 e. The van der Waals surface area contributed by atoms with Crippen LogP contribution in [-0.2, 0) is 16.6 Å². The summed E-state index contributed by atoms with van der Waals surface area (Å²) in [6.07, 6.45) is -3.55. The van der Waals surface area contributed by atoms with Gasteiger partial charge in [-0.3, -0.25) is 4.79 Å². The van der Waals surface area contributed by atoms with Crippen molar-refractivity contribution >= 4 is 46.4 Å². The fourth-order valence-electron chi connectivity index (χ4n) is 4.64. The highest BCUT2D eigenvalue weighted by molar-refractivity contribution is 6.48. The van der Waals surface area contributed by atoms with Crippen molar-refractivity contribution in [3.63, 3.8) is 0 Å². The number of alkyl halides is 3. The molecule has 0 fully saturated rings. The van der Waals surface area contributed by atoms with Crippen LogP contribution in [-0.4, -0.2) is 29.1 Å². The molecule has 1 N–H and O–H groups in total. The first-order valence-corrected chi connectivity index (χ1v) is 11.5. The number of halogens is 6. The summed E-state index contributed by atoms with van der Waals surface area (Å²) in [5.74, 6) is -0.0666. The van der Waals surface area contributed by atoms with Gasteiger partial charge in [0, 0.05) is 12.0 Å². The molecule has 1 aliphatic carbocycles. The molecule has 2 aromatic rings. The van der Waals surface area contributed by atoms with Crippen LogP contribution in [0.4, 0.5) is 13.2 Å². The Morgan fingerprint density at radius 1 is 1.21 bits per heavy atom. The normalized spacial score (nSPS) is 22.6. The number of benzene rings is 2. The molecule has 2 unspecified atom stereocenters. The van der Waals surface area contributed by atoms with Crippen LogP contribution in [0.2, 0.25) is 15.1 Å². The summed E-state index contributed by atoms with van der Waals surface area (Å²) in [5, 5.41) is 15.5. The van der Waals surface area contributed by atoms with Crippen LogP contribution in [0.1, 0.15) is 54.5 Å². The molecule has 0 aromatic heterocycles. The van der Waals surface area contributed by atoms with Gasteiger partial charge in [0.25, 0.3) is 0 Å². The number of carbonyl (C=O) groups excluding carboxylic acids is 1. The number of rotatable bonds is 4. The molecule has 0 saturated heterocycles. The first kappa shape index (κ1) is 24.2. The van der Waals surface area contributed by atoms with Gasteiger partial charge in [0.15, 0.2) is 17.7 Å². The van der Waals surface area contributed by atoms with Gasteiger partial charge in [0.2, 0.25) is 5.91 Å². The maximum Gasteiger partial charge on any atom is 0.405 e. The van der Waals surface area contributed by atoms with Crippen LogP contribution in [0.15, 0.2) is 30.3 Å². The molecular weight excluding hydrogens is 500 g/mol. The predicted octanol–water partition coefficient (Wildman–Crippen LogP) is 6.36. The van der Waals surface area contributed by atoms with Gasteiger partial charge in [0.05, 0.1) is 27.5 Å². The maximum atomic E-state index is 14.4. The summed E-state index contributed by atoms with van der Waals surface area (Å²) < 4.78 is 43.6. The third-order valence-corrected chi connectivity index (χ3v) is 7.67. The highest BCUT2D eigenvalue weighted by Gasteiger charge is 2.63. The topological polar surface area (TPSA) is 55.2 Å². The summed E-state index contributed by atoms with van der Waals surface area (Å²) >= 11 is 17.9. The highest BCUT2D eigenvalue weighted by atomic mass is 35.5. The summed E-state index contributed by atoms with van der Waals surface area (Å²) in [6, 6.07) is 7.30. The third-order valence-electron chi connectivity index (χ3n) is 6.47. The second-order valence-corrected chi connectivity index (χ2v) is 9.61. The molecule has 1 heterocycles. The summed E-state index contributed by atoms with van der Waals surface area (Å²) in [7, 11) is 0. The molecule has 1 aliphatic heterocycles. The molecule has 0 saturated carbocycles. The Bertz CT molecular complexity index is 1140. The number of nitrogens with one attached hydrogen (secondary N) is 1. The van der Waals surface area contributed by atoms with E-state index in [2.05, 4.69) is 5.32 Å². The van der Waals surface area contributed by atoms with E-state index < -0.39 is 24.6 Å². The lowest BCUT2D eigenvalue weighted by Gasteiger charge is -2.29. The van der Waals surface area contributed by atoms with Crippen LogP contribution in [0.25, 0.3) is 0 Å². The minimum atomic E-state index is -4.73. The van der Waals surface area contributed by atoms with E-state index in [-0.39, 0.29) is 38.3 Å². The van der Waals surface area contributed by atoms with Gasteiger partial charge in [-0.05, 0) is 53.8 Å². The van der Waals surface area contributed by atoms with Crippen molar-refractivity contribution < 1.29 is 22.7 Å². The second-order valence-electron chi connectivity index (χ2n) is 8.42. The van der Waals surface area contributed by atoms with E-state index in [1.54, 1.807) is 25.1 Å². The molecule has 4 rings (SSSR count). The van der Waals surface area contributed by atoms with Gasteiger partial charge in [-0.15, -0.1) is 0 Å². The molecule has 2 atom stereocenters. The van der Waals surface area contributed by atoms with Gasteiger partial charge < -0.3 is 10.5 Å². The van der Waals surface area contributed by atoms with Gasteiger partial charge >= 0.3 is 6.18 Å². The summed E-state index contributed by atoms with van der Waals surface area (Å²) in [6.45, 7) is 0.953. The van der Waals surface area contributed by atoms with Crippen LogP contribution in [0.3, 0.4) is 0 Å². The lowest BCUT2D eigenvalue weighted by Crippen LogP contribution is -2.45. The lowest BCUT2D eigenvalue weighted by atomic mass is 9.76. The molecule has 33 heavy (non-hydrogen) atoms. The average molecular weight is 520 g/mol. The fourth-order valence-corrected chi connectivity index (χ4v) is 5.23. The van der Waals surface area contributed by atoms with Crippen molar-refractivity contribution in [3.05, 3.63) is 72.9 Å². The van der Waals surface area contributed by atoms with Crippen LogP contribution >= 0.6 is 34.8 Å². The van der Waals surface area contributed by atoms with Crippen molar-refractivity contribution in [3.8, 4) is 0 Å². The summed E-state index contributed by atoms with van der Waals surface area (Å²) in [4.78, 5) is 11.8. The first-order chi connectivity index (χ1) is 15.5. The molecule has 0 bridgehead atoms. The first-order valence-electron chi connectivity index (χ1n) is 10.4. The molecule has 2 aromatic carbocycles. The van der Waals surface area contributed by atoms with Crippen LogP contribution in [0.5, 0.6) is 0 Å².